The van der Waals surface area contributed by atoms with Crippen LogP contribution >= 0.6 is 0 Å². The summed E-state index contributed by atoms with van der Waals surface area (Å²) in [5, 5.41) is 9.97. The normalized spacial score (nSPS) is 13.4. The molecule has 1 heterocycles. The number of aromatic amines is 1. The molecular formula is C18H21F2N3O2. The standard InChI is InChI=1S/C18H21F2N3O2/c1-25-15-8-6-11(17(19)18(15)20)10-21-16(24)9-7-14-12-4-2-3-5-13(12)22-23-14/h6,8H,2-5,7,9-10H2,1H3,(H,21,24)(H,22,23). The van der Waals surface area contributed by atoms with E-state index >= 15 is 0 Å². The van der Waals surface area contributed by atoms with Crippen molar-refractivity contribution in [1.82, 2.24) is 15.5 Å². The second kappa shape index (κ2) is 7.63. The molecule has 0 saturated carbocycles. The van der Waals surface area contributed by atoms with Crippen LogP contribution in [0.25, 0.3) is 0 Å². The summed E-state index contributed by atoms with van der Waals surface area (Å²) in [6, 6.07) is 2.75. The van der Waals surface area contributed by atoms with Crippen molar-refractivity contribution in [3.05, 3.63) is 46.3 Å². The zero-order chi connectivity index (χ0) is 17.8. The summed E-state index contributed by atoms with van der Waals surface area (Å²) >= 11 is 0. The zero-order valence-electron chi connectivity index (χ0n) is 14.1. The number of benzene rings is 1. The van der Waals surface area contributed by atoms with Crippen LogP contribution < -0.4 is 10.1 Å². The van der Waals surface area contributed by atoms with Crippen LogP contribution in [-0.4, -0.2) is 23.2 Å². The minimum absolute atomic E-state index is 0.0652. The summed E-state index contributed by atoms with van der Waals surface area (Å²) in [6.45, 7) is -0.0652. The topological polar surface area (TPSA) is 67.0 Å². The van der Waals surface area contributed by atoms with Gasteiger partial charge in [-0.25, -0.2) is 4.39 Å². The third-order valence-corrected chi connectivity index (χ3v) is 4.55. The van der Waals surface area contributed by atoms with E-state index in [1.54, 1.807) is 0 Å². The molecule has 0 atom stereocenters. The quantitative estimate of drug-likeness (QED) is 0.843. The van der Waals surface area contributed by atoms with Crippen LogP contribution in [-0.2, 0) is 30.6 Å². The van der Waals surface area contributed by atoms with Crippen molar-refractivity contribution >= 4 is 5.91 Å². The van der Waals surface area contributed by atoms with Crippen LogP contribution in [0.3, 0.4) is 0 Å². The van der Waals surface area contributed by atoms with E-state index < -0.39 is 11.6 Å². The number of carbonyl (C=O) groups excluding carboxylic acids is 1. The Morgan fingerprint density at radius 2 is 2.08 bits per heavy atom. The van der Waals surface area contributed by atoms with Gasteiger partial charge in [0.2, 0.25) is 11.7 Å². The molecular weight excluding hydrogens is 328 g/mol. The molecule has 134 valence electrons. The molecule has 25 heavy (non-hydrogen) atoms. The predicted molar refractivity (Wildman–Crippen MR) is 88.3 cm³/mol. The lowest BCUT2D eigenvalue weighted by Crippen LogP contribution is -2.24. The summed E-state index contributed by atoms with van der Waals surface area (Å²) in [5.41, 5.74) is 3.44. The molecule has 0 bridgehead atoms. The van der Waals surface area contributed by atoms with Gasteiger partial charge < -0.3 is 10.1 Å². The van der Waals surface area contributed by atoms with E-state index in [1.165, 1.54) is 36.9 Å². The van der Waals surface area contributed by atoms with Crippen LogP contribution in [0.2, 0.25) is 0 Å². The van der Waals surface area contributed by atoms with E-state index in [0.29, 0.717) is 6.42 Å². The largest absolute Gasteiger partial charge is 0.494 e. The van der Waals surface area contributed by atoms with Crippen molar-refractivity contribution < 1.29 is 18.3 Å². The SMILES string of the molecule is COc1ccc(CNC(=O)CCc2n[nH]c3c2CCCC3)c(F)c1F. The smallest absolute Gasteiger partial charge is 0.220 e. The fraction of sp³-hybridized carbons (Fsp3) is 0.444. The lowest BCUT2D eigenvalue weighted by Gasteiger charge is -2.11. The number of aromatic nitrogens is 2. The van der Waals surface area contributed by atoms with Crippen LogP contribution in [0, 0.1) is 11.6 Å². The Morgan fingerprint density at radius 3 is 2.88 bits per heavy atom. The van der Waals surface area contributed by atoms with Gasteiger partial charge in [-0.3, -0.25) is 9.89 Å². The number of nitrogens with zero attached hydrogens (tertiary/aromatic N) is 1. The number of amides is 1. The number of halogens is 2. The Balaban J connectivity index is 1.54. The molecule has 1 aliphatic rings. The van der Waals surface area contributed by atoms with E-state index in [0.717, 1.165) is 25.0 Å². The first-order valence-electron chi connectivity index (χ1n) is 8.42. The van der Waals surface area contributed by atoms with Gasteiger partial charge in [-0.1, -0.05) is 6.07 Å². The first-order chi connectivity index (χ1) is 12.1. The molecule has 2 aromatic rings. The molecule has 1 aromatic heterocycles. The first kappa shape index (κ1) is 17.4. The number of fused-ring (bicyclic) bond motifs is 1. The van der Waals surface area contributed by atoms with E-state index in [2.05, 4.69) is 15.5 Å². The molecule has 2 N–H and O–H groups in total. The number of H-pyrrole nitrogens is 1. The number of methoxy groups -OCH3 is 1. The molecule has 5 nitrogen and oxygen atoms in total. The van der Waals surface area contributed by atoms with Gasteiger partial charge in [-0.2, -0.15) is 9.49 Å². The maximum atomic E-state index is 13.9. The summed E-state index contributed by atoms with van der Waals surface area (Å²) in [5.74, 6) is -2.42. The van der Waals surface area contributed by atoms with E-state index in [1.807, 2.05) is 0 Å². The number of carbonyl (C=O) groups is 1. The van der Waals surface area contributed by atoms with Gasteiger partial charge in [-0.05, 0) is 37.3 Å². The van der Waals surface area contributed by atoms with Crippen molar-refractivity contribution in [2.24, 2.45) is 0 Å². The van der Waals surface area contributed by atoms with Crippen LogP contribution in [0.1, 0.15) is 41.8 Å². The molecule has 0 radical (unpaired) electrons. The predicted octanol–water partition coefficient (Wildman–Crippen LogP) is 2.82. The van der Waals surface area contributed by atoms with Crippen molar-refractivity contribution in [3.63, 3.8) is 0 Å². The summed E-state index contributed by atoms with van der Waals surface area (Å²) < 4.78 is 32.3. The van der Waals surface area contributed by atoms with Crippen LogP contribution in [0.5, 0.6) is 5.75 Å². The molecule has 0 unspecified atom stereocenters. The average Bonchev–Trinajstić information content (AvgIpc) is 3.04. The minimum Gasteiger partial charge on any atom is -0.494 e. The highest BCUT2D eigenvalue weighted by Gasteiger charge is 2.18. The number of rotatable bonds is 6. The van der Waals surface area contributed by atoms with Gasteiger partial charge in [0.05, 0.1) is 12.8 Å². The van der Waals surface area contributed by atoms with Crippen molar-refractivity contribution in [3.8, 4) is 5.75 Å². The first-order valence-corrected chi connectivity index (χ1v) is 8.42. The van der Waals surface area contributed by atoms with Gasteiger partial charge in [-0.15, -0.1) is 0 Å². The molecule has 7 heteroatoms. The number of nitrogens with one attached hydrogen (secondary N) is 2. The molecule has 0 saturated heterocycles. The lowest BCUT2D eigenvalue weighted by molar-refractivity contribution is -0.121. The summed E-state index contributed by atoms with van der Waals surface area (Å²) in [7, 11) is 1.27. The van der Waals surface area contributed by atoms with Crippen molar-refractivity contribution in [2.45, 2.75) is 45.1 Å². The van der Waals surface area contributed by atoms with Gasteiger partial charge >= 0.3 is 0 Å². The lowest BCUT2D eigenvalue weighted by atomic mass is 9.94. The second-order valence-electron chi connectivity index (χ2n) is 6.17. The highest BCUT2D eigenvalue weighted by molar-refractivity contribution is 5.76. The minimum atomic E-state index is -1.04. The summed E-state index contributed by atoms with van der Waals surface area (Å²) in [6.07, 6.45) is 5.12. The Kier molecular flexibility index (Phi) is 5.31. The maximum Gasteiger partial charge on any atom is 0.220 e. The molecule has 0 spiro atoms. The molecule has 1 amide bonds. The third-order valence-electron chi connectivity index (χ3n) is 4.55. The molecule has 1 aromatic carbocycles. The number of hydrogen-bond acceptors (Lipinski definition) is 3. The Labute approximate surface area is 144 Å². The Bertz CT molecular complexity index is 774. The molecule has 3 rings (SSSR count). The maximum absolute atomic E-state index is 13.9. The fourth-order valence-corrected chi connectivity index (χ4v) is 3.14. The number of ether oxygens (including phenoxy) is 1. The van der Waals surface area contributed by atoms with Crippen LogP contribution in [0.4, 0.5) is 8.78 Å². The number of hydrogen-bond donors (Lipinski definition) is 2. The summed E-state index contributed by atoms with van der Waals surface area (Å²) in [4.78, 5) is 12.0. The Hall–Kier alpha value is -2.44. The monoisotopic (exact) mass is 349 g/mol. The van der Waals surface area contributed by atoms with E-state index in [-0.39, 0.29) is 30.2 Å². The van der Waals surface area contributed by atoms with Gasteiger partial charge in [0.25, 0.3) is 0 Å². The van der Waals surface area contributed by atoms with Crippen molar-refractivity contribution in [1.29, 1.82) is 0 Å². The van der Waals surface area contributed by atoms with Gasteiger partial charge in [0.1, 0.15) is 0 Å². The molecule has 0 fully saturated rings. The highest BCUT2D eigenvalue weighted by Crippen LogP contribution is 2.23. The number of aryl methyl sites for hydroxylation is 2. The van der Waals surface area contributed by atoms with Crippen LogP contribution in [0.15, 0.2) is 12.1 Å². The van der Waals surface area contributed by atoms with Gasteiger partial charge in [0, 0.05) is 30.6 Å². The van der Waals surface area contributed by atoms with E-state index in [4.69, 9.17) is 4.74 Å². The van der Waals surface area contributed by atoms with Crippen molar-refractivity contribution in [2.75, 3.05) is 7.11 Å². The second-order valence-corrected chi connectivity index (χ2v) is 6.17. The van der Waals surface area contributed by atoms with E-state index in [9.17, 15) is 13.6 Å². The zero-order valence-corrected chi connectivity index (χ0v) is 14.1. The Morgan fingerprint density at radius 1 is 1.28 bits per heavy atom. The van der Waals surface area contributed by atoms with Gasteiger partial charge in [0.15, 0.2) is 11.6 Å². The highest BCUT2D eigenvalue weighted by atomic mass is 19.2. The molecule has 1 aliphatic carbocycles. The third kappa shape index (κ3) is 3.81. The fourth-order valence-electron chi connectivity index (χ4n) is 3.14. The molecule has 0 aliphatic heterocycles. The average molecular weight is 349 g/mol.